The number of fused-ring (bicyclic) bond motifs is 1. The number of ketones is 1. The Morgan fingerprint density at radius 2 is 1.71 bits per heavy atom. The number of pyridine rings is 1. The van der Waals surface area contributed by atoms with Gasteiger partial charge in [-0.2, -0.15) is 5.26 Å². The van der Waals surface area contributed by atoms with Crippen molar-refractivity contribution in [3.8, 4) is 17.2 Å². The van der Waals surface area contributed by atoms with E-state index in [9.17, 15) is 4.79 Å². The predicted octanol–water partition coefficient (Wildman–Crippen LogP) is 6.56. The van der Waals surface area contributed by atoms with Gasteiger partial charge in [-0.3, -0.25) is 9.78 Å². The molecule has 0 radical (unpaired) electrons. The molecule has 0 bridgehead atoms. The molecule has 0 unspecified atom stereocenters. The summed E-state index contributed by atoms with van der Waals surface area (Å²) in [5.41, 5.74) is 4.29. The third-order valence-electron chi connectivity index (χ3n) is 8.00. The topological polar surface area (TPSA) is 91.6 Å². The van der Waals surface area contributed by atoms with Gasteiger partial charge in [-0.05, 0) is 68.1 Å². The minimum Gasteiger partial charge on any atom is -0.381 e. The summed E-state index contributed by atoms with van der Waals surface area (Å²) in [4.78, 5) is 26.1. The summed E-state index contributed by atoms with van der Waals surface area (Å²) in [6.45, 7) is 4.63. The maximum atomic E-state index is 13.2. The van der Waals surface area contributed by atoms with Crippen LogP contribution in [0.4, 0.5) is 5.69 Å². The Morgan fingerprint density at radius 1 is 1.00 bits per heavy atom. The molecule has 6 nitrogen and oxygen atoms in total. The molecule has 2 fully saturated rings. The van der Waals surface area contributed by atoms with Crippen molar-refractivity contribution in [2.45, 2.75) is 71.3 Å². The first kappa shape index (κ1) is 23.4. The van der Waals surface area contributed by atoms with Crippen LogP contribution in [-0.2, 0) is 0 Å². The first-order valence-electron chi connectivity index (χ1n) is 13.1. The molecular formula is C29H33N5O. The van der Waals surface area contributed by atoms with Gasteiger partial charge in [-0.25, -0.2) is 9.97 Å². The van der Waals surface area contributed by atoms with Crippen LogP contribution in [0.2, 0.25) is 0 Å². The van der Waals surface area contributed by atoms with Gasteiger partial charge in [0.2, 0.25) is 5.82 Å². The number of hydrogen-bond donors (Lipinski definition) is 1. The quantitative estimate of drug-likeness (QED) is 0.377. The standard InChI is InChI=1S/C29H33N5O/c1-3-18(4-2)19-7-10-23(11-8-19)34-28-24-13-21(22-15-32-27(14-30)33-16-22)9-12-26(24)31-17-25(28)29(35)20-5-6-20/h9,12-13,15-20,23H,3-8,10-11H2,1-2H3,(H,31,34). The van der Waals surface area contributed by atoms with E-state index < -0.39 is 0 Å². The highest BCUT2D eigenvalue weighted by Gasteiger charge is 2.33. The number of carbonyl (C=O) groups is 1. The van der Waals surface area contributed by atoms with E-state index in [2.05, 4.69) is 40.2 Å². The van der Waals surface area contributed by atoms with Gasteiger partial charge in [0, 0.05) is 41.5 Å². The van der Waals surface area contributed by atoms with Crippen molar-refractivity contribution in [3.63, 3.8) is 0 Å². The van der Waals surface area contributed by atoms with Crippen molar-refractivity contribution < 1.29 is 4.79 Å². The predicted molar refractivity (Wildman–Crippen MR) is 138 cm³/mol. The largest absolute Gasteiger partial charge is 0.381 e. The number of aromatic nitrogens is 3. The fourth-order valence-corrected chi connectivity index (χ4v) is 5.71. The molecule has 2 aliphatic carbocycles. The second kappa shape index (κ2) is 10.1. The van der Waals surface area contributed by atoms with E-state index in [4.69, 9.17) is 5.26 Å². The summed E-state index contributed by atoms with van der Waals surface area (Å²) in [5.74, 6) is 2.13. The van der Waals surface area contributed by atoms with Crippen LogP contribution in [0.3, 0.4) is 0 Å². The monoisotopic (exact) mass is 467 g/mol. The minimum absolute atomic E-state index is 0.135. The van der Waals surface area contributed by atoms with Crippen molar-refractivity contribution >= 4 is 22.4 Å². The maximum Gasteiger partial charge on any atom is 0.232 e. The van der Waals surface area contributed by atoms with E-state index in [0.29, 0.717) is 6.04 Å². The highest BCUT2D eigenvalue weighted by Crippen LogP contribution is 2.40. The Kier molecular flexibility index (Phi) is 6.77. The van der Waals surface area contributed by atoms with Crippen LogP contribution in [-0.4, -0.2) is 26.8 Å². The van der Waals surface area contributed by atoms with E-state index in [1.807, 2.05) is 18.2 Å². The first-order chi connectivity index (χ1) is 17.1. The number of benzene rings is 1. The molecule has 2 aliphatic rings. The molecule has 6 heteroatoms. The Morgan fingerprint density at radius 3 is 2.34 bits per heavy atom. The molecule has 2 saturated carbocycles. The lowest BCUT2D eigenvalue weighted by molar-refractivity contribution is 0.0968. The molecule has 180 valence electrons. The maximum absolute atomic E-state index is 13.2. The number of rotatable bonds is 8. The Bertz CT molecular complexity index is 1250. The molecule has 1 N–H and O–H groups in total. The van der Waals surface area contributed by atoms with Crippen LogP contribution in [0, 0.1) is 29.1 Å². The molecule has 0 saturated heterocycles. The second-order valence-electron chi connectivity index (χ2n) is 10.2. The molecule has 5 rings (SSSR count). The summed E-state index contributed by atoms with van der Waals surface area (Å²) < 4.78 is 0. The van der Waals surface area contributed by atoms with Crippen LogP contribution in [0.15, 0.2) is 36.8 Å². The molecule has 3 aromatic rings. The van der Waals surface area contributed by atoms with E-state index in [1.54, 1.807) is 18.6 Å². The minimum atomic E-state index is 0.135. The van der Waals surface area contributed by atoms with Gasteiger partial charge in [-0.1, -0.05) is 32.8 Å². The lowest BCUT2D eigenvalue weighted by Gasteiger charge is -2.34. The highest BCUT2D eigenvalue weighted by atomic mass is 16.1. The smallest absolute Gasteiger partial charge is 0.232 e. The van der Waals surface area contributed by atoms with E-state index in [1.165, 1.54) is 25.7 Å². The summed E-state index contributed by atoms with van der Waals surface area (Å²) in [6.07, 6.45) is 14.3. The molecule has 2 aromatic heterocycles. The summed E-state index contributed by atoms with van der Waals surface area (Å²) in [5, 5.41) is 13.8. The molecule has 0 aliphatic heterocycles. The zero-order valence-electron chi connectivity index (χ0n) is 20.6. The molecule has 0 spiro atoms. The average Bonchev–Trinajstić information content (AvgIpc) is 3.76. The fraction of sp³-hybridized carbons (Fsp3) is 0.483. The lowest BCUT2D eigenvalue weighted by atomic mass is 9.76. The normalized spacial score (nSPS) is 20.1. The van der Waals surface area contributed by atoms with Crippen LogP contribution < -0.4 is 5.32 Å². The Balaban J connectivity index is 1.48. The van der Waals surface area contributed by atoms with Crippen molar-refractivity contribution in [3.05, 3.63) is 48.2 Å². The zero-order valence-corrected chi connectivity index (χ0v) is 20.6. The number of nitriles is 1. The third-order valence-corrected chi connectivity index (χ3v) is 8.00. The van der Waals surface area contributed by atoms with Gasteiger partial charge in [-0.15, -0.1) is 0 Å². The van der Waals surface area contributed by atoms with Gasteiger partial charge < -0.3 is 5.32 Å². The zero-order chi connectivity index (χ0) is 24.4. The molecule has 0 atom stereocenters. The number of anilines is 1. The van der Waals surface area contributed by atoms with Gasteiger partial charge >= 0.3 is 0 Å². The van der Waals surface area contributed by atoms with Crippen molar-refractivity contribution in [1.82, 2.24) is 15.0 Å². The SMILES string of the molecule is CCC(CC)C1CCC(Nc2c(C(=O)C3CC3)cnc3ccc(-c4cnc(C#N)nc4)cc23)CC1. The Labute approximate surface area is 207 Å². The summed E-state index contributed by atoms with van der Waals surface area (Å²) in [7, 11) is 0. The summed E-state index contributed by atoms with van der Waals surface area (Å²) >= 11 is 0. The van der Waals surface area contributed by atoms with Gasteiger partial charge in [0.1, 0.15) is 6.07 Å². The molecular weight excluding hydrogens is 434 g/mol. The van der Waals surface area contributed by atoms with Gasteiger partial charge in [0.05, 0.1) is 16.8 Å². The van der Waals surface area contributed by atoms with Crippen molar-refractivity contribution in [2.75, 3.05) is 5.32 Å². The number of nitrogens with zero attached hydrogens (tertiary/aromatic N) is 4. The average molecular weight is 468 g/mol. The van der Waals surface area contributed by atoms with Crippen LogP contribution >= 0.6 is 0 Å². The van der Waals surface area contributed by atoms with Crippen LogP contribution in [0.1, 0.15) is 81.4 Å². The number of nitrogens with one attached hydrogen (secondary N) is 1. The number of carbonyl (C=O) groups excluding carboxylic acids is 1. The van der Waals surface area contributed by atoms with Gasteiger partial charge in [0.25, 0.3) is 0 Å². The third kappa shape index (κ3) is 4.91. The molecule has 35 heavy (non-hydrogen) atoms. The second-order valence-corrected chi connectivity index (χ2v) is 10.2. The molecule has 2 heterocycles. The highest BCUT2D eigenvalue weighted by molar-refractivity contribution is 6.10. The number of Topliss-reactive ketones (excluding diaryl/α,β-unsaturated/α-hetero) is 1. The van der Waals surface area contributed by atoms with Crippen LogP contribution in [0.5, 0.6) is 0 Å². The van der Waals surface area contributed by atoms with Crippen molar-refractivity contribution in [1.29, 1.82) is 5.26 Å². The first-order valence-corrected chi connectivity index (χ1v) is 13.1. The van der Waals surface area contributed by atoms with E-state index >= 15 is 0 Å². The van der Waals surface area contributed by atoms with Crippen LogP contribution in [0.25, 0.3) is 22.0 Å². The fourth-order valence-electron chi connectivity index (χ4n) is 5.71. The van der Waals surface area contributed by atoms with E-state index in [0.717, 1.165) is 70.8 Å². The van der Waals surface area contributed by atoms with E-state index in [-0.39, 0.29) is 17.5 Å². The van der Waals surface area contributed by atoms with Crippen molar-refractivity contribution in [2.24, 2.45) is 17.8 Å². The molecule has 1 aromatic carbocycles. The molecule has 0 amide bonds. The summed E-state index contributed by atoms with van der Waals surface area (Å²) in [6, 6.07) is 8.38. The van der Waals surface area contributed by atoms with Gasteiger partial charge in [0.15, 0.2) is 5.78 Å². The number of hydrogen-bond acceptors (Lipinski definition) is 6. The lowest BCUT2D eigenvalue weighted by Crippen LogP contribution is -2.29. The Hall–Kier alpha value is -3.33.